The van der Waals surface area contributed by atoms with Crippen LogP contribution in [0.1, 0.15) is 12.6 Å². The number of H-pyrrole nitrogens is 1. The van der Waals surface area contributed by atoms with Gasteiger partial charge in [0.05, 0.1) is 39.1 Å². The number of likely N-dealkylation sites (N-methyl/N-ethyl adjacent to an activating group) is 1. The van der Waals surface area contributed by atoms with Crippen LogP contribution < -0.4 is 5.11 Å². The van der Waals surface area contributed by atoms with Gasteiger partial charge in [-0.05, 0) is 11.8 Å². The molecular formula is C11H17N3O3S. The first kappa shape index (κ1) is 14.7. The van der Waals surface area contributed by atoms with Gasteiger partial charge in [-0.25, -0.2) is 4.98 Å². The van der Waals surface area contributed by atoms with Gasteiger partial charge in [0.2, 0.25) is 0 Å². The van der Waals surface area contributed by atoms with Gasteiger partial charge < -0.3 is 19.4 Å². The van der Waals surface area contributed by atoms with Crippen molar-refractivity contribution in [2.24, 2.45) is 0 Å². The SMILES string of the molecule is CC(=O)Sc1nc[nH]c1C[C@@H](C(=O)[O-])[N+](C)(C)C. The Morgan fingerprint density at radius 1 is 1.50 bits per heavy atom. The lowest BCUT2D eigenvalue weighted by Crippen LogP contribution is -2.56. The van der Waals surface area contributed by atoms with E-state index in [1.54, 1.807) is 21.1 Å². The Bertz CT molecular complexity index is 451. The zero-order valence-corrected chi connectivity index (χ0v) is 11.7. The lowest BCUT2D eigenvalue weighted by Gasteiger charge is -2.34. The molecule has 100 valence electrons. The lowest BCUT2D eigenvalue weighted by molar-refractivity contribution is -0.889. The van der Waals surface area contributed by atoms with Crippen LogP contribution in [0.4, 0.5) is 0 Å². The first-order chi connectivity index (χ1) is 8.21. The molecule has 0 amide bonds. The van der Waals surface area contributed by atoms with Gasteiger partial charge >= 0.3 is 0 Å². The molecule has 1 atom stereocenters. The highest BCUT2D eigenvalue weighted by atomic mass is 32.2. The molecule has 0 aliphatic rings. The van der Waals surface area contributed by atoms with Gasteiger partial charge in [0.15, 0.2) is 5.12 Å². The fraction of sp³-hybridized carbons (Fsp3) is 0.545. The number of hydrogen-bond donors (Lipinski definition) is 1. The van der Waals surface area contributed by atoms with Crippen LogP contribution in [0.2, 0.25) is 0 Å². The summed E-state index contributed by atoms with van der Waals surface area (Å²) in [5.74, 6) is -1.11. The quantitative estimate of drug-likeness (QED) is 0.572. The topological polar surface area (TPSA) is 85.9 Å². The van der Waals surface area contributed by atoms with Crippen molar-refractivity contribution in [1.29, 1.82) is 0 Å². The second-order valence-electron chi connectivity index (χ2n) is 4.94. The molecule has 1 heterocycles. The van der Waals surface area contributed by atoms with Crippen molar-refractivity contribution in [3.05, 3.63) is 12.0 Å². The third kappa shape index (κ3) is 3.85. The molecule has 0 unspecified atom stereocenters. The number of carboxylic acids is 1. The van der Waals surface area contributed by atoms with Crippen LogP contribution in [0, 0.1) is 0 Å². The number of quaternary nitrogens is 1. The van der Waals surface area contributed by atoms with Crippen molar-refractivity contribution in [2.45, 2.75) is 24.4 Å². The molecule has 1 aromatic heterocycles. The molecule has 0 saturated carbocycles. The molecule has 0 fully saturated rings. The van der Waals surface area contributed by atoms with Crippen LogP contribution in [-0.4, -0.2) is 52.7 Å². The molecule has 0 aromatic carbocycles. The van der Waals surface area contributed by atoms with Crippen molar-refractivity contribution in [3.8, 4) is 0 Å². The van der Waals surface area contributed by atoms with Crippen molar-refractivity contribution in [3.63, 3.8) is 0 Å². The van der Waals surface area contributed by atoms with Gasteiger partial charge in [0, 0.05) is 13.3 Å². The Balaban J connectivity index is 2.92. The van der Waals surface area contributed by atoms with E-state index in [9.17, 15) is 14.7 Å². The van der Waals surface area contributed by atoms with E-state index < -0.39 is 12.0 Å². The number of aliphatic carboxylic acids is 1. The van der Waals surface area contributed by atoms with Gasteiger partial charge in [0.1, 0.15) is 11.1 Å². The number of thioether (sulfide) groups is 1. The Hall–Kier alpha value is -1.34. The summed E-state index contributed by atoms with van der Waals surface area (Å²) in [5.41, 5.74) is 0.650. The summed E-state index contributed by atoms with van der Waals surface area (Å²) < 4.78 is 0.242. The van der Waals surface area contributed by atoms with Crippen molar-refractivity contribution in [1.82, 2.24) is 9.97 Å². The third-order valence-electron chi connectivity index (χ3n) is 2.52. The maximum atomic E-state index is 11.2. The first-order valence-corrected chi connectivity index (χ1v) is 6.26. The molecule has 0 radical (unpaired) electrons. The molecule has 0 saturated heterocycles. The molecule has 0 aliphatic heterocycles. The highest BCUT2D eigenvalue weighted by Crippen LogP contribution is 2.22. The summed E-state index contributed by atoms with van der Waals surface area (Å²) in [6, 6.07) is -0.697. The van der Waals surface area contributed by atoms with Crippen LogP contribution in [-0.2, 0) is 16.0 Å². The van der Waals surface area contributed by atoms with Crippen LogP contribution in [0.5, 0.6) is 0 Å². The molecule has 1 N–H and O–H groups in total. The molecule has 6 nitrogen and oxygen atoms in total. The highest BCUT2D eigenvalue weighted by Gasteiger charge is 2.27. The molecule has 1 rings (SSSR count). The van der Waals surface area contributed by atoms with Crippen molar-refractivity contribution in [2.75, 3.05) is 21.1 Å². The fourth-order valence-electron chi connectivity index (χ4n) is 1.55. The summed E-state index contributed by atoms with van der Waals surface area (Å²) in [6.45, 7) is 1.44. The first-order valence-electron chi connectivity index (χ1n) is 5.44. The standard InChI is InChI=1S/C11H17N3O3S/c1-7(15)18-10-8(12-6-13-10)5-9(11(16)17)14(2,3)4/h6,9H,5H2,1-4H3,(H-,12,13,16,17)/t9-/m0/s1. The second kappa shape index (κ2) is 5.53. The van der Waals surface area contributed by atoms with Gasteiger partial charge in [-0.15, -0.1) is 0 Å². The van der Waals surface area contributed by atoms with E-state index in [-0.39, 0.29) is 16.0 Å². The predicted octanol–water partition coefficient (Wildman–Crippen LogP) is -0.584. The zero-order valence-electron chi connectivity index (χ0n) is 10.9. The summed E-state index contributed by atoms with van der Waals surface area (Å²) in [6.07, 6.45) is 1.71. The average molecular weight is 271 g/mol. The zero-order chi connectivity index (χ0) is 13.9. The number of aromatic nitrogens is 2. The van der Waals surface area contributed by atoms with Gasteiger partial charge in [-0.3, -0.25) is 4.79 Å². The predicted molar refractivity (Wildman–Crippen MR) is 65.7 cm³/mol. The van der Waals surface area contributed by atoms with Crippen LogP contribution in [0.25, 0.3) is 0 Å². The number of carbonyl (C=O) groups is 2. The summed E-state index contributed by atoms with van der Waals surface area (Å²) >= 11 is 0.995. The molecule has 0 bridgehead atoms. The normalized spacial score (nSPS) is 13.3. The van der Waals surface area contributed by atoms with E-state index in [1.807, 2.05) is 0 Å². The number of nitrogens with one attached hydrogen (secondary N) is 1. The van der Waals surface area contributed by atoms with E-state index >= 15 is 0 Å². The van der Waals surface area contributed by atoms with Crippen molar-refractivity contribution >= 4 is 22.8 Å². The fourth-order valence-corrected chi connectivity index (χ4v) is 2.19. The van der Waals surface area contributed by atoms with E-state index in [0.29, 0.717) is 10.7 Å². The summed E-state index contributed by atoms with van der Waals surface area (Å²) in [7, 11) is 5.36. The highest BCUT2D eigenvalue weighted by molar-refractivity contribution is 8.13. The minimum Gasteiger partial charge on any atom is -0.544 e. The minimum atomic E-state index is -1.11. The van der Waals surface area contributed by atoms with Gasteiger partial charge in [-0.2, -0.15) is 0 Å². The summed E-state index contributed by atoms with van der Waals surface area (Å²) in [5, 5.41) is 11.6. The number of carbonyl (C=O) groups excluding carboxylic acids is 2. The van der Waals surface area contributed by atoms with E-state index in [2.05, 4.69) is 9.97 Å². The number of imidazole rings is 1. The number of nitrogens with zero attached hydrogens (tertiary/aromatic N) is 2. The molecule has 0 spiro atoms. The molecular weight excluding hydrogens is 254 g/mol. The van der Waals surface area contributed by atoms with Gasteiger partial charge in [-0.1, -0.05) is 0 Å². The van der Waals surface area contributed by atoms with E-state index in [1.165, 1.54) is 13.3 Å². The monoisotopic (exact) mass is 271 g/mol. The molecule has 18 heavy (non-hydrogen) atoms. The Morgan fingerprint density at radius 2 is 2.11 bits per heavy atom. The third-order valence-corrected chi connectivity index (χ3v) is 3.36. The van der Waals surface area contributed by atoms with Crippen molar-refractivity contribution < 1.29 is 19.2 Å². The smallest absolute Gasteiger partial charge is 0.192 e. The Labute approximate surface area is 110 Å². The van der Waals surface area contributed by atoms with E-state index in [0.717, 1.165) is 11.8 Å². The number of rotatable bonds is 5. The molecule has 7 heteroatoms. The minimum absolute atomic E-state index is 0.0846. The summed E-state index contributed by atoms with van der Waals surface area (Å²) in [4.78, 5) is 29.1. The maximum Gasteiger partial charge on any atom is 0.192 e. The Morgan fingerprint density at radius 3 is 2.56 bits per heavy atom. The van der Waals surface area contributed by atoms with Crippen LogP contribution >= 0.6 is 11.8 Å². The molecule has 1 aromatic rings. The van der Waals surface area contributed by atoms with Gasteiger partial charge in [0.25, 0.3) is 0 Å². The van der Waals surface area contributed by atoms with Crippen LogP contribution in [0.15, 0.2) is 11.4 Å². The Kier molecular flexibility index (Phi) is 4.53. The van der Waals surface area contributed by atoms with Crippen LogP contribution in [0.3, 0.4) is 0 Å². The lowest BCUT2D eigenvalue weighted by atomic mass is 10.1. The molecule has 0 aliphatic carbocycles. The average Bonchev–Trinajstić information content (AvgIpc) is 2.58. The second-order valence-corrected chi connectivity index (χ2v) is 6.10. The number of aromatic amines is 1. The number of hydrogen-bond acceptors (Lipinski definition) is 5. The maximum absolute atomic E-state index is 11.2. The number of carboxylic acid groups (broad SMARTS) is 1. The van der Waals surface area contributed by atoms with E-state index in [4.69, 9.17) is 0 Å². The largest absolute Gasteiger partial charge is 0.544 e.